The molecule has 1 amide bonds. The zero-order valence-corrected chi connectivity index (χ0v) is 16.3. The smallest absolute Gasteiger partial charge is 0.262 e. The lowest BCUT2D eigenvalue weighted by atomic mass is 10.1. The Morgan fingerprint density at radius 2 is 1.70 bits per heavy atom. The van der Waals surface area contributed by atoms with Crippen LogP contribution in [0.15, 0.2) is 65.8 Å². The van der Waals surface area contributed by atoms with Crippen LogP contribution in [-0.4, -0.2) is 28.7 Å². The summed E-state index contributed by atoms with van der Waals surface area (Å²) in [4.78, 5) is 21.4. The van der Waals surface area contributed by atoms with Crippen molar-refractivity contribution in [3.8, 4) is 0 Å². The van der Waals surface area contributed by atoms with Crippen molar-refractivity contribution in [3.05, 3.63) is 76.9 Å². The monoisotopic (exact) mass is 398 g/mol. The number of aromatic nitrogens is 2. The molecule has 0 aliphatic heterocycles. The average molecular weight is 399 g/mol. The Morgan fingerprint density at radius 3 is 2.37 bits per heavy atom. The van der Waals surface area contributed by atoms with Gasteiger partial charge in [-0.05, 0) is 30.4 Å². The number of anilines is 2. The van der Waals surface area contributed by atoms with E-state index in [9.17, 15) is 4.79 Å². The first-order valence-electron chi connectivity index (χ1n) is 8.43. The minimum absolute atomic E-state index is 0.130. The van der Waals surface area contributed by atoms with Crippen LogP contribution >= 0.6 is 23.4 Å². The van der Waals surface area contributed by atoms with Gasteiger partial charge in [0, 0.05) is 12.2 Å². The van der Waals surface area contributed by atoms with E-state index in [1.54, 1.807) is 0 Å². The lowest BCUT2D eigenvalue weighted by molar-refractivity contribution is 0.102. The molecule has 3 rings (SSSR count). The molecule has 0 radical (unpaired) electrons. The molecule has 2 aromatic carbocycles. The van der Waals surface area contributed by atoms with Gasteiger partial charge in [0.15, 0.2) is 5.16 Å². The van der Waals surface area contributed by atoms with E-state index in [1.165, 1.54) is 17.3 Å². The molecule has 0 aliphatic rings. The Labute approximate surface area is 167 Å². The lowest BCUT2D eigenvalue weighted by Gasteiger charge is -2.13. The standard InChI is InChI=1S/C20H19ClN4OS/c1-27-20-24-17(21)16(19(26)23-15-10-6-3-7-11-15)18(25-20)22-13-12-14-8-4-2-5-9-14/h2-11H,12-13H2,1H3,(H,23,26)(H,22,24,25). The van der Waals surface area contributed by atoms with Gasteiger partial charge < -0.3 is 10.6 Å². The van der Waals surface area contributed by atoms with Gasteiger partial charge in [-0.3, -0.25) is 4.79 Å². The van der Waals surface area contributed by atoms with Gasteiger partial charge in [0.25, 0.3) is 5.91 Å². The maximum Gasteiger partial charge on any atom is 0.262 e. The molecule has 0 saturated carbocycles. The Hall–Kier alpha value is -2.57. The lowest BCUT2D eigenvalue weighted by Crippen LogP contribution is -2.18. The summed E-state index contributed by atoms with van der Waals surface area (Å²) < 4.78 is 0. The maximum atomic E-state index is 12.8. The molecular weight excluding hydrogens is 380 g/mol. The molecule has 0 unspecified atom stereocenters. The predicted octanol–water partition coefficient (Wildman–Crippen LogP) is 4.76. The van der Waals surface area contributed by atoms with E-state index in [2.05, 4.69) is 32.7 Å². The van der Waals surface area contributed by atoms with E-state index in [-0.39, 0.29) is 16.6 Å². The highest BCUT2D eigenvalue weighted by atomic mass is 35.5. The van der Waals surface area contributed by atoms with Crippen molar-refractivity contribution >= 4 is 40.8 Å². The quantitative estimate of drug-likeness (QED) is 0.341. The van der Waals surface area contributed by atoms with Gasteiger partial charge in [-0.15, -0.1) is 0 Å². The van der Waals surface area contributed by atoms with Gasteiger partial charge >= 0.3 is 0 Å². The summed E-state index contributed by atoms with van der Waals surface area (Å²) in [5, 5.41) is 6.71. The molecule has 138 valence electrons. The molecule has 0 aliphatic carbocycles. The highest BCUT2D eigenvalue weighted by Gasteiger charge is 2.20. The Bertz CT molecular complexity index is 907. The topological polar surface area (TPSA) is 66.9 Å². The molecule has 3 aromatic rings. The summed E-state index contributed by atoms with van der Waals surface area (Å²) in [7, 11) is 0. The van der Waals surface area contributed by atoms with Crippen LogP contribution in [-0.2, 0) is 6.42 Å². The molecule has 0 bridgehead atoms. The molecule has 7 heteroatoms. The summed E-state index contributed by atoms with van der Waals surface area (Å²) in [6.45, 7) is 0.622. The number of benzene rings is 2. The first kappa shape index (κ1) is 19.2. The van der Waals surface area contributed by atoms with Crippen molar-refractivity contribution in [3.63, 3.8) is 0 Å². The number of hydrogen-bond acceptors (Lipinski definition) is 5. The Balaban J connectivity index is 1.80. The van der Waals surface area contributed by atoms with E-state index in [1.807, 2.05) is 54.8 Å². The number of rotatable bonds is 7. The fourth-order valence-electron chi connectivity index (χ4n) is 2.52. The third-order valence-electron chi connectivity index (χ3n) is 3.83. The molecular formula is C20H19ClN4OS. The number of nitrogens with one attached hydrogen (secondary N) is 2. The van der Waals surface area contributed by atoms with Crippen LogP contribution in [0.3, 0.4) is 0 Å². The van der Waals surface area contributed by atoms with E-state index < -0.39 is 0 Å². The van der Waals surface area contributed by atoms with Crippen molar-refractivity contribution in [1.29, 1.82) is 0 Å². The van der Waals surface area contributed by atoms with Crippen molar-refractivity contribution < 1.29 is 4.79 Å². The van der Waals surface area contributed by atoms with E-state index >= 15 is 0 Å². The zero-order chi connectivity index (χ0) is 19.1. The summed E-state index contributed by atoms with van der Waals surface area (Å²) in [6.07, 6.45) is 2.67. The van der Waals surface area contributed by atoms with Gasteiger partial charge in [-0.2, -0.15) is 0 Å². The third kappa shape index (κ3) is 5.21. The second-order valence-corrected chi connectivity index (χ2v) is 6.84. The molecule has 0 saturated heterocycles. The molecule has 0 atom stereocenters. The van der Waals surface area contributed by atoms with Crippen LogP contribution in [0.25, 0.3) is 0 Å². The van der Waals surface area contributed by atoms with E-state index in [0.717, 1.165) is 6.42 Å². The Kier molecular flexibility index (Phi) is 6.68. The number of hydrogen-bond donors (Lipinski definition) is 2. The molecule has 2 N–H and O–H groups in total. The molecule has 0 fully saturated rings. The van der Waals surface area contributed by atoms with Crippen molar-refractivity contribution in [2.75, 3.05) is 23.4 Å². The maximum absolute atomic E-state index is 12.8. The first-order chi connectivity index (χ1) is 13.2. The number of nitrogens with zero attached hydrogens (tertiary/aromatic N) is 2. The molecule has 0 spiro atoms. The summed E-state index contributed by atoms with van der Waals surface area (Å²) in [6, 6.07) is 19.3. The largest absolute Gasteiger partial charge is 0.369 e. The second kappa shape index (κ2) is 9.39. The number of para-hydroxylation sites is 1. The number of thioether (sulfide) groups is 1. The Morgan fingerprint density at radius 1 is 1.04 bits per heavy atom. The van der Waals surface area contributed by atoms with E-state index in [0.29, 0.717) is 23.2 Å². The second-order valence-electron chi connectivity index (χ2n) is 5.71. The predicted molar refractivity (Wildman–Crippen MR) is 112 cm³/mol. The fraction of sp³-hybridized carbons (Fsp3) is 0.150. The van der Waals surface area contributed by atoms with Crippen molar-refractivity contribution in [1.82, 2.24) is 9.97 Å². The fourth-order valence-corrected chi connectivity index (χ4v) is 3.19. The molecule has 5 nitrogen and oxygen atoms in total. The number of carbonyl (C=O) groups is 1. The normalized spacial score (nSPS) is 10.4. The van der Waals surface area contributed by atoms with Crippen LogP contribution in [0, 0.1) is 0 Å². The molecule has 1 heterocycles. The van der Waals surface area contributed by atoms with Crippen LogP contribution in [0.1, 0.15) is 15.9 Å². The average Bonchev–Trinajstić information content (AvgIpc) is 2.69. The molecule has 27 heavy (non-hydrogen) atoms. The first-order valence-corrected chi connectivity index (χ1v) is 10.0. The van der Waals surface area contributed by atoms with Crippen LogP contribution in [0.5, 0.6) is 0 Å². The van der Waals surface area contributed by atoms with Crippen molar-refractivity contribution in [2.45, 2.75) is 11.6 Å². The number of carbonyl (C=O) groups excluding carboxylic acids is 1. The summed E-state index contributed by atoms with van der Waals surface area (Å²) in [5.41, 5.74) is 2.12. The zero-order valence-electron chi connectivity index (χ0n) is 14.8. The highest BCUT2D eigenvalue weighted by molar-refractivity contribution is 7.98. The van der Waals surface area contributed by atoms with Crippen LogP contribution < -0.4 is 10.6 Å². The molecule has 1 aromatic heterocycles. The van der Waals surface area contributed by atoms with E-state index in [4.69, 9.17) is 11.6 Å². The number of amides is 1. The third-order valence-corrected chi connectivity index (χ3v) is 4.66. The minimum atomic E-state index is -0.346. The number of halogens is 1. The van der Waals surface area contributed by atoms with Gasteiger partial charge in [-0.25, -0.2) is 9.97 Å². The summed E-state index contributed by atoms with van der Waals surface area (Å²) in [5.74, 6) is 0.0878. The SMILES string of the molecule is CSc1nc(Cl)c(C(=O)Nc2ccccc2)c(NCCc2ccccc2)n1. The minimum Gasteiger partial charge on any atom is -0.369 e. The van der Waals surface area contributed by atoms with Crippen LogP contribution in [0.4, 0.5) is 11.5 Å². The van der Waals surface area contributed by atoms with Gasteiger partial charge in [0.1, 0.15) is 16.5 Å². The van der Waals surface area contributed by atoms with Gasteiger partial charge in [-0.1, -0.05) is 71.9 Å². The van der Waals surface area contributed by atoms with Gasteiger partial charge in [0.05, 0.1) is 0 Å². The van der Waals surface area contributed by atoms with Crippen molar-refractivity contribution in [2.24, 2.45) is 0 Å². The summed E-state index contributed by atoms with van der Waals surface area (Å²) >= 11 is 7.68. The van der Waals surface area contributed by atoms with Gasteiger partial charge in [0.2, 0.25) is 0 Å². The van der Waals surface area contributed by atoms with Crippen LogP contribution in [0.2, 0.25) is 5.15 Å². The highest BCUT2D eigenvalue weighted by Crippen LogP contribution is 2.25.